The van der Waals surface area contributed by atoms with Crippen LogP contribution in [0.2, 0.25) is 0 Å². The van der Waals surface area contributed by atoms with Crippen LogP contribution in [0, 0.1) is 11.3 Å². The van der Waals surface area contributed by atoms with Gasteiger partial charge in [-0.3, -0.25) is 4.79 Å². The lowest BCUT2D eigenvalue weighted by Gasteiger charge is -2.38. The van der Waals surface area contributed by atoms with Crippen LogP contribution in [0.3, 0.4) is 0 Å². The van der Waals surface area contributed by atoms with E-state index in [2.05, 4.69) is 13.5 Å². The molecule has 0 aromatic heterocycles. The van der Waals surface area contributed by atoms with Crippen molar-refractivity contribution in [3.63, 3.8) is 0 Å². The molecule has 0 aromatic carbocycles. The quantitative estimate of drug-likeness (QED) is 0.372. The highest BCUT2D eigenvalue weighted by Crippen LogP contribution is 2.58. The Morgan fingerprint density at radius 1 is 1.38 bits per heavy atom. The van der Waals surface area contributed by atoms with Crippen molar-refractivity contribution in [2.45, 2.75) is 77.4 Å². The third kappa shape index (κ3) is 3.18. The number of hydrogen-bond acceptors (Lipinski definition) is 3. The number of rotatable bonds is 8. The molecular weight excluding hydrogens is 264 g/mol. The van der Waals surface area contributed by atoms with Crippen LogP contribution in [0.15, 0.2) is 12.7 Å². The number of carbonyl (C=O) groups is 1. The molecule has 0 spiro atoms. The van der Waals surface area contributed by atoms with Crippen molar-refractivity contribution >= 4 is 5.97 Å². The molecule has 1 aliphatic heterocycles. The largest absolute Gasteiger partial charge is 0.432 e. The summed E-state index contributed by atoms with van der Waals surface area (Å²) in [6, 6.07) is 0. The van der Waals surface area contributed by atoms with Gasteiger partial charge in [-0.25, -0.2) is 0 Å². The van der Waals surface area contributed by atoms with Crippen molar-refractivity contribution < 1.29 is 14.3 Å². The SMILES string of the molecule is C=CCC12CCCC1(OC(=O)C(C)CCCCC)OCC2. The van der Waals surface area contributed by atoms with E-state index in [1.807, 2.05) is 13.0 Å². The predicted molar refractivity (Wildman–Crippen MR) is 83.8 cm³/mol. The molecule has 120 valence electrons. The summed E-state index contributed by atoms with van der Waals surface area (Å²) in [6.07, 6.45) is 11.2. The molecule has 1 heterocycles. The molecule has 3 unspecified atom stereocenters. The van der Waals surface area contributed by atoms with Crippen LogP contribution in [0.5, 0.6) is 0 Å². The lowest BCUT2D eigenvalue weighted by molar-refractivity contribution is -0.242. The first-order valence-electron chi connectivity index (χ1n) is 8.57. The number of esters is 1. The Morgan fingerprint density at radius 2 is 2.19 bits per heavy atom. The van der Waals surface area contributed by atoms with E-state index in [0.29, 0.717) is 6.61 Å². The lowest BCUT2D eigenvalue weighted by atomic mass is 9.77. The van der Waals surface area contributed by atoms with Crippen molar-refractivity contribution in [3.05, 3.63) is 12.7 Å². The van der Waals surface area contributed by atoms with E-state index in [9.17, 15) is 4.79 Å². The molecule has 1 saturated carbocycles. The van der Waals surface area contributed by atoms with Gasteiger partial charge in [-0.15, -0.1) is 6.58 Å². The van der Waals surface area contributed by atoms with E-state index >= 15 is 0 Å². The minimum atomic E-state index is -0.669. The summed E-state index contributed by atoms with van der Waals surface area (Å²) in [4.78, 5) is 12.4. The highest BCUT2D eigenvalue weighted by molar-refractivity contribution is 5.72. The molecule has 1 saturated heterocycles. The Morgan fingerprint density at radius 3 is 2.90 bits per heavy atom. The van der Waals surface area contributed by atoms with Crippen molar-refractivity contribution in [1.82, 2.24) is 0 Å². The minimum absolute atomic E-state index is 0.0203. The van der Waals surface area contributed by atoms with E-state index in [-0.39, 0.29) is 17.3 Å². The van der Waals surface area contributed by atoms with Gasteiger partial charge < -0.3 is 9.47 Å². The monoisotopic (exact) mass is 294 g/mol. The van der Waals surface area contributed by atoms with Gasteiger partial charge in [-0.2, -0.15) is 0 Å². The molecule has 2 fully saturated rings. The first kappa shape index (κ1) is 16.5. The van der Waals surface area contributed by atoms with Crippen molar-refractivity contribution in [2.75, 3.05) is 6.61 Å². The number of unbranched alkanes of at least 4 members (excludes halogenated alkanes) is 2. The third-order valence-corrected chi connectivity index (χ3v) is 5.33. The average molecular weight is 294 g/mol. The van der Waals surface area contributed by atoms with Gasteiger partial charge in [0.15, 0.2) is 0 Å². The molecule has 2 rings (SSSR count). The smallest absolute Gasteiger partial charge is 0.311 e. The van der Waals surface area contributed by atoms with Gasteiger partial charge in [-0.1, -0.05) is 39.2 Å². The standard InChI is InChI=1S/C18H30O3/c1-4-6-7-9-15(3)16(19)21-18-12-8-11-17(18,10-5-2)13-14-20-18/h5,15H,2,4,6-14H2,1,3H3. The molecule has 21 heavy (non-hydrogen) atoms. The fourth-order valence-corrected chi connectivity index (χ4v) is 3.97. The van der Waals surface area contributed by atoms with Crippen molar-refractivity contribution in [3.8, 4) is 0 Å². The van der Waals surface area contributed by atoms with Crippen LogP contribution in [-0.2, 0) is 14.3 Å². The Kier molecular flexibility index (Phi) is 5.48. The average Bonchev–Trinajstić information content (AvgIpc) is 2.93. The van der Waals surface area contributed by atoms with E-state index in [4.69, 9.17) is 9.47 Å². The Hall–Kier alpha value is -0.830. The van der Waals surface area contributed by atoms with Crippen LogP contribution in [-0.4, -0.2) is 18.4 Å². The zero-order valence-corrected chi connectivity index (χ0v) is 13.7. The van der Waals surface area contributed by atoms with Gasteiger partial charge in [-0.05, 0) is 32.1 Å². The molecule has 0 amide bonds. The maximum atomic E-state index is 12.4. The number of fused-ring (bicyclic) bond motifs is 1. The van der Waals surface area contributed by atoms with Gasteiger partial charge in [0.1, 0.15) is 0 Å². The highest BCUT2D eigenvalue weighted by Gasteiger charge is 2.61. The molecule has 3 atom stereocenters. The van der Waals surface area contributed by atoms with Gasteiger partial charge in [0, 0.05) is 11.8 Å². The molecule has 0 radical (unpaired) electrons. The Bertz CT molecular complexity index is 365. The number of ether oxygens (including phenoxy) is 2. The second-order valence-electron chi connectivity index (χ2n) is 6.80. The molecule has 2 aliphatic rings. The first-order chi connectivity index (χ1) is 10.1. The molecule has 3 heteroatoms. The highest BCUT2D eigenvalue weighted by atomic mass is 16.7. The lowest BCUT2D eigenvalue weighted by Crippen LogP contribution is -2.45. The van der Waals surface area contributed by atoms with Crippen molar-refractivity contribution in [2.24, 2.45) is 11.3 Å². The zero-order valence-electron chi connectivity index (χ0n) is 13.7. The number of carbonyl (C=O) groups excluding carboxylic acids is 1. The van der Waals surface area contributed by atoms with E-state index in [1.54, 1.807) is 0 Å². The van der Waals surface area contributed by atoms with Crippen LogP contribution in [0.1, 0.15) is 71.6 Å². The van der Waals surface area contributed by atoms with Gasteiger partial charge in [0.05, 0.1) is 12.5 Å². The summed E-state index contributed by atoms with van der Waals surface area (Å²) in [6.45, 7) is 8.74. The van der Waals surface area contributed by atoms with Crippen molar-refractivity contribution in [1.29, 1.82) is 0 Å². The fraction of sp³-hybridized carbons (Fsp3) is 0.833. The van der Waals surface area contributed by atoms with Crippen LogP contribution < -0.4 is 0 Å². The minimum Gasteiger partial charge on any atom is -0.432 e. The third-order valence-electron chi connectivity index (χ3n) is 5.33. The fourth-order valence-electron chi connectivity index (χ4n) is 3.97. The zero-order chi connectivity index (χ0) is 15.3. The molecular formula is C18H30O3. The number of allylic oxidation sites excluding steroid dienone is 1. The van der Waals surface area contributed by atoms with E-state index in [1.165, 1.54) is 12.8 Å². The summed E-state index contributed by atoms with van der Waals surface area (Å²) >= 11 is 0. The summed E-state index contributed by atoms with van der Waals surface area (Å²) in [7, 11) is 0. The van der Waals surface area contributed by atoms with Crippen LogP contribution in [0.4, 0.5) is 0 Å². The second-order valence-corrected chi connectivity index (χ2v) is 6.80. The maximum Gasteiger partial charge on any atom is 0.311 e. The molecule has 0 bridgehead atoms. The molecule has 1 aliphatic carbocycles. The van der Waals surface area contributed by atoms with Crippen LogP contribution in [0.25, 0.3) is 0 Å². The van der Waals surface area contributed by atoms with Gasteiger partial charge in [0.25, 0.3) is 0 Å². The first-order valence-corrected chi connectivity index (χ1v) is 8.57. The van der Waals surface area contributed by atoms with Gasteiger partial charge >= 0.3 is 5.97 Å². The van der Waals surface area contributed by atoms with Crippen LogP contribution >= 0.6 is 0 Å². The summed E-state index contributed by atoms with van der Waals surface area (Å²) in [5.74, 6) is -0.780. The maximum absolute atomic E-state index is 12.4. The summed E-state index contributed by atoms with van der Waals surface area (Å²) in [5, 5.41) is 0. The topological polar surface area (TPSA) is 35.5 Å². The number of hydrogen-bond donors (Lipinski definition) is 0. The summed E-state index contributed by atoms with van der Waals surface area (Å²) in [5.41, 5.74) is -0.0203. The molecule has 3 nitrogen and oxygen atoms in total. The van der Waals surface area contributed by atoms with Gasteiger partial charge in [0.2, 0.25) is 5.79 Å². The normalized spacial score (nSPS) is 32.7. The predicted octanol–water partition coefficient (Wildman–Crippen LogP) is 4.61. The Labute approximate surface area is 129 Å². The molecule has 0 N–H and O–H groups in total. The Balaban J connectivity index is 1.99. The molecule has 0 aromatic rings. The van der Waals surface area contributed by atoms with E-state index in [0.717, 1.165) is 44.9 Å². The summed E-state index contributed by atoms with van der Waals surface area (Å²) < 4.78 is 11.9. The second kappa shape index (κ2) is 6.95. The van der Waals surface area contributed by atoms with E-state index < -0.39 is 5.79 Å².